The molecule has 2 unspecified atom stereocenters. The summed E-state index contributed by atoms with van der Waals surface area (Å²) in [7, 11) is 2.10. The Kier molecular flexibility index (Phi) is 6.48. The van der Waals surface area contributed by atoms with Gasteiger partial charge in [0.1, 0.15) is 0 Å². The van der Waals surface area contributed by atoms with Crippen LogP contribution in [0.1, 0.15) is 32.6 Å². The quantitative estimate of drug-likeness (QED) is 0.778. The number of para-hydroxylation sites is 1. The average molecular weight is 364 g/mol. The smallest absolute Gasteiger partial charge is 0.263 e. The minimum absolute atomic E-state index is 0.0849. The predicted molar refractivity (Wildman–Crippen MR) is 97.7 cm³/mol. The van der Waals surface area contributed by atoms with E-state index >= 15 is 0 Å². The Labute approximate surface area is 155 Å². The number of amides is 1. The van der Waals surface area contributed by atoms with Gasteiger partial charge in [0.15, 0.2) is 17.7 Å². The topological polar surface area (TPSA) is 42.0 Å². The van der Waals surface area contributed by atoms with Crippen LogP contribution >= 0.6 is 0 Å². The van der Waals surface area contributed by atoms with Crippen molar-refractivity contribution in [2.24, 2.45) is 0 Å². The number of hydrogen-bond donors (Lipinski definition) is 0. The van der Waals surface area contributed by atoms with Gasteiger partial charge in [0.25, 0.3) is 5.91 Å². The Morgan fingerprint density at radius 2 is 2.08 bits per heavy atom. The van der Waals surface area contributed by atoms with Crippen LogP contribution in [-0.2, 0) is 9.53 Å². The van der Waals surface area contributed by atoms with Crippen LogP contribution in [0.15, 0.2) is 24.3 Å². The van der Waals surface area contributed by atoms with E-state index in [0.29, 0.717) is 6.54 Å². The van der Waals surface area contributed by atoms with Crippen LogP contribution in [0.3, 0.4) is 0 Å². The summed E-state index contributed by atoms with van der Waals surface area (Å²) in [5, 5.41) is 0. The van der Waals surface area contributed by atoms with Crippen LogP contribution in [0.5, 0.6) is 5.75 Å². The molecule has 1 aromatic rings. The second-order valence-corrected chi connectivity index (χ2v) is 7.35. The molecule has 2 heterocycles. The Morgan fingerprint density at radius 1 is 1.35 bits per heavy atom. The molecule has 0 spiro atoms. The lowest BCUT2D eigenvalue weighted by Gasteiger charge is -2.39. The molecule has 3 rings (SSSR count). The van der Waals surface area contributed by atoms with Gasteiger partial charge in [-0.15, -0.1) is 0 Å². The lowest BCUT2D eigenvalue weighted by Crippen LogP contribution is -2.52. The molecule has 0 aromatic heterocycles. The van der Waals surface area contributed by atoms with Gasteiger partial charge in [-0.05, 0) is 64.9 Å². The average Bonchev–Trinajstić information content (AvgIpc) is 3.15. The van der Waals surface area contributed by atoms with Crippen LogP contribution in [0, 0.1) is 5.82 Å². The molecule has 0 saturated carbocycles. The molecule has 0 aliphatic carbocycles. The molecule has 0 radical (unpaired) electrons. The highest BCUT2D eigenvalue weighted by Crippen LogP contribution is 2.23. The van der Waals surface area contributed by atoms with E-state index in [2.05, 4.69) is 11.9 Å². The van der Waals surface area contributed by atoms with E-state index in [1.54, 1.807) is 25.1 Å². The Morgan fingerprint density at radius 3 is 2.73 bits per heavy atom. The van der Waals surface area contributed by atoms with Crippen molar-refractivity contribution in [2.45, 2.75) is 50.9 Å². The van der Waals surface area contributed by atoms with Gasteiger partial charge in [-0.3, -0.25) is 4.79 Å². The van der Waals surface area contributed by atoms with Gasteiger partial charge in [-0.1, -0.05) is 12.1 Å². The number of likely N-dealkylation sites (tertiary alicyclic amines) is 1. The van der Waals surface area contributed by atoms with E-state index in [1.165, 1.54) is 6.07 Å². The fraction of sp³-hybridized carbons (Fsp3) is 0.650. The second kappa shape index (κ2) is 8.82. The van der Waals surface area contributed by atoms with E-state index in [-0.39, 0.29) is 23.8 Å². The molecule has 2 fully saturated rings. The molecule has 1 aromatic carbocycles. The largest absolute Gasteiger partial charge is 0.478 e. The van der Waals surface area contributed by atoms with Gasteiger partial charge in [0, 0.05) is 19.2 Å². The van der Waals surface area contributed by atoms with Crippen LogP contribution in [0.25, 0.3) is 0 Å². The van der Waals surface area contributed by atoms with Gasteiger partial charge < -0.3 is 19.3 Å². The number of piperidine rings is 1. The Hall–Kier alpha value is -1.66. The maximum atomic E-state index is 13.9. The van der Waals surface area contributed by atoms with E-state index in [4.69, 9.17) is 9.47 Å². The Bertz CT molecular complexity index is 598. The summed E-state index contributed by atoms with van der Waals surface area (Å²) in [6.45, 7) is 5.01. The number of hydrogen-bond acceptors (Lipinski definition) is 4. The molecule has 5 nitrogen and oxygen atoms in total. The van der Waals surface area contributed by atoms with Crippen LogP contribution in [0.2, 0.25) is 0 Å². The molecular weight excluding hydrogens is 335 g/mol. The van der Waals surface area contributed by atoms with Crippen molar-refractivity contribution in [3.63, 3.8) is 0 Å². The summed E-state index contributed by atoms with van der Waals surface area (Å²) in [6, 6.07) is 6.40. The maximum absolute atomic E-state index is 13.9. The molecule has 0 N–H and O–H groups in total. The molecule has 2 saturated heterocycles. The highest BCUT2D eigenvalue weighted by molar-refractivity contribution is 5.81. The summed E-state index contributed by atoms with van der Waals surface area (Å²) < 4.78 is 25.3. The van der Waals surface area contributed by atoms with E-state index < -0.39 is 11.9 Å². The van der Waals surface area contributed by atoms with Crippen molar-refractivity contribution < 1.29 is 18.7 Å². The van der Waals surface area contributed by atoms with Gasteiger partial charge >= 0.3 is 0 Å². The fourth-order valence-electron chi connectivity index (χ4n) is 3.75. The molecule has 1 amide bonds. The number of rotatable bonds is 6. The summed E-state index contributed by atoms with van der Waals surface area (Å²) in [6.07, 6.45) is 3.29. The summed E-state index contributed by atoms with van der Waals surface area (Å²) in [5.74, 6) is -0.413. The second-order valence-electron chi connectivity index (χ2n) is 7.35. The van der Waals surface area contributed by atoms with Crippen molar-refractivity contribution in [2.75, 3.05) is 33.3 Å². The van der Waals surface area contributed by atoms with Crippen LogP contribution in [0.4, 0.5) is 4.39 Å². The zero-order valence-corrected chi connectivity index (χ0v) is 15.7. The number of halogens is 1. The first kappa shape index (κ1) is 19.1. The number of carbonyl (C=O) groups is 1. The zero-order chi connectivity index (χ0) is 18.5. The predicted octanol–water partition coefficient (Wildman–Crippen LogP) is 2.69. The molecule has 2 atom stereocenters. The maximum Gasteiger partial charge on any atom is 0.263 e. The summed E-state index contributed by atoms with van der Waals surface area (Å²) in [4.78, 5) is 17.3. The standard InChI is InChI=1S/C20H29FN2O3/c1-15(26-19-8-4-3-7-18(19)21)20(24)23(14-17-6-5-13-25-17)16-9-11-22(2)12-10-16/h3-4,7-8,15-17H,5-6,9-14H2,1-2H3. The van der Waals surface area contributed by atoms with Crippen molar-refractivity contribution in [1.29, 1.82) is 0 Å². The van der Waals surface area contributed by atoms with Gasteiger partial charge in [-0.2, -0.15) is 0 Å². The molecule has 2 aliphatic rings. The normalized spacial score (nSPS) is 23.0. The van der Waals surface area contributed by atoms with Crippen LogP contribution in [-0.4, -0.2) is 67.2 Å². The van der Waals surface area contributed by atoms with E-state index in [9.17, 15) is 9.18 Å². The SMILES string of the molecule is CC(Oc1ccccc1F)C(=O)N(CC1CCCO1)C1CCN(C)CC1. The van der Waals surface area contributed by atoms with Gasteiger partial charge in [0.05, 0.1) is 6.10 Å². The molecule has 6 heteroatoms. The van der Waals surface area contributed by atoms with Crippen molar-refractivity contribution >= 4 is 5.91 Å². The lowest BCUT2D eigenvalue weighted by atomic mass is 10.0. The molecule has 0 bridgehead atoms. The molecular formula is C20H29FN2O3. The number of benzene rings is 1. The first-order valence-electron chi connectivity index (χ1n) is 9.56. The first-order chi connectivity index (χ1) is 12.5. The van der Waals surface area contributed by atoms with Crippen LogP contribution < -0.4 is 4.74 Å². The Balaban J connectivity index is 1.69. The zero-order valence-electron chi connectivity index (χ0n) is 15.7. The third-order valence-electron chi connectivity index (χ3n) is 5.32. The lowest BCUT2D eigenvalue weighted by molar-refractivity contribution is -0.143. The molecule has 26 heavy (non-hydrogen) atoms. The van der Waals surface area contributed by atoms with Crippen molar-refractivity contribution in [3.05, 3.63) is 30.1 Å². The van der Waals surface area contributed by atoms with E-state index in [0.717, 1.165) is 45.4 Å². The third kappa shape index (κ3) is 4.74. The highest BCUT2D eigenvalue weighted by atomic mass is 19.1. The number of nitrogens with zero attached hydrogens (tertiary/aromatic N) is 2. The number of carbonyl (C=O) groups excluding carboxylic acids is 1. The van der Waals surface area contributed by atoms with Crippen molar-refractivity contribution in [3.8, 4) is 5.75 Å². The minimum Gasteiger partial charge on any atom is -0.478 e. The fourth-order valence-corrected chi connectivity index (χ4v) is 3.75. The van der Waals surface area contributed by atoms with Gasteiger partial charge in [0.2, 0.25) is 0 Å². The first-order valence-corrected chi connectivity index (χ1v) is 9.56. The summed E-state index contributed by atoms with van der Waals surface area (Å²) in [5.41, 5.74) is 0. The molecule has 2 aliphatic heterocycles. The summed E-state index contributed by atoms with van der Waals surface area (Å²) >= 11 is 0. The minimum atomic E-state index is -0.729. The highest BCUT2D eigenvalue weighted by Gasteiger charge is 2.33. The third-order valence-corrected chi connectivity index (χ3v) is 5.32. The number of ether oxygens (including phenoxy) is 2. The van der Waals surface area contributed by atoms with Gasteiger partial charge in [-0.25, -0.2) is 4.39 Å². The monoisotopic (exact) mass is 364 g/mol. The van der Waals surface area contributed by atoms with E-state index in [1.807, 2.05) is 4.90 Å². The van der Waals surface area contributed by atoms with Crippen molar-refractivity contribution in [1.82, 2.24) is 9.80 Å². The molecule has 144 valence electrons.